The minimum Gasteiger partial charge on any atom is -0.510 e. The molecule has 1 aliphatic rings. The average molecular weight is 422 g/mol. The summed E-state index contributed by atoms with van der Waals surface area (Å²) in [6.45, 7) is 2.88. The lowest BCUT2D eigenvalue weighted by atomic mass is 10.1. The van der Waals surface area contributed by atoms with Crippen molar-refractivity contribution >= 4 is 17.3 Å². The van der Waals surface area contributed by atoms with Crippen molar-refractivity contribution in [3.63, 3.8) is 0 Å². The predicted molar refractivity (Wildman–Crippen MR) is 115 cm³/mol. The summed E-state index contributed by atoms with van der Waals surface area (Å²) >= 11 is 1.26. The van der Waals surface area contributed by atoms with Crippen LogP contribution in [-0.4, -0.2) is 40.8 Å². The summed E-state index contributed by atoms with van der Waals surface area (Å²) in [6, 6.07) is 10.3. The smallest absolute Gasteiger partial charge is 0.209 e. The number of nitrogens with one attached hydrogen (secondary N) is 1. The third-order valence-corrected chi connectivity index (χ3v) is 6.03. The van der Waals surface area contributed by atoms with E-state index in [9.17, 15) is 10.4 Å². The molecule has 0 atom stereocenters. The van der Waals surface area contributed by atoms with Crippen LogP contribution in [0.15, 0.2) is 35.2 Å². The normalized spacial score (nSPS) is 14.5. The summed E-state index contributed by atoms with van der Waals surface area (Å²) in [4.78, 5) is 4.48. The number of aryl methyl sites for hydroxylation is 2. The minimum atomic E-state index is -0.0411. The SMILES string of the molecule is CCc1ccc(-c2nc(SC/C(O)=C(\C#N)c3nnc4n3CCCCC4)n[nH]2)cc1. The Morgan fingerprint density at radius 2 is 2.07 bits per heavy atom. The van der Waals surface area contributed by atoms with Gasteiger partial charge in [0, 0.05) is 18.5 Å². The van der Waals surface area contributed by atoms with Crippen LogP contribution in [-0.2, 0) is 19.4 Å². The molecule has 3 aromatic rings. The lowest BCUT2D eigenvalue weighted by molar-refractivity contribution is 0.420. The molecule has 9 heteroatoms. The van der Waals surface area contributed by atoms with Gasteiger partial charge in [-0.05, 0) is 24.8 Å². The van der Waals surface area contributed by atoms with Gasteiger partial charge in [0.2, 0.25) is 5.16 Å². The van der Waals surface area contributed by atoms with Gasteiger partial charge in [-0.15, -0.1) is 15.3 Å². The second-order valence-corrected chi connectivity index (χ2v) is 8.08. The number of hydrogen-bond donors (Lipinski definition) is 2. The number of hydrogen-bond acceptors (Lipinski definition) is 7. The van der Waals surface area contributed by atoms with Crippen molar-refractivity contribution < 1.29 is 5.11 Å². The standard InChI is InChI=1S/C21H23N7OS/c1-2-14-7-9-15(10-8-14)19-23-21(27-25-19)30-13-17(29)16(12-22)20-26-24-18-6-4-3-5-11-28(18)20/h7-10,29H,2-6,11,13H2,1H3,(H,23,25,27)/b17-16-. The molecule has 0 fully saturated rings. The molecule has 154 valence electrons. The zero-order chi connectivity index (χ0) is 20.9. The van der Waals surface area contributed by atoms with E-state index in [0.717, 1.165) is 50.0 Å². The molecular formula is C21H23N7OS. The highest BCUT2D eigenvalue weighted by Crippen LogP contribution is 2.25. The van der Waals surface area contributed by atoms with Gasteiger partial charge >= 0.3 is 0 Å². The number of benzene rings is 1. The van der Waals surface area contributed by atoms with Crippen molar-refractivity contribution in [2.24, 2.45) is 0 Å². The van der Waals surface area contributed by atoms with Crippen molar-refractivity contribution in [1.29, 1.82) is 5.26 Å². The highest BCUT2D eigenvalue weighted by Gasteiger charge is 2.21. The number of aromatic amines is 1. The van der Waals surface area contributed by atoms with E-state index in [0.29, 0.717) is 16.8 Å². The zero-order valence-electron chi connectivity index (χ0n) is 16.8. The van der Waals surface area contributed by atoms with Gasteiger partial charge in [0.15, 0.2) is 11.6 Å². The van der Waals surface area contributed by atoms with E-state index < -0.39 is 0 Å². The van der Waals surface area contributed by atoms with E-state index in [-0.39, 0.29) is 17.1 Å². The third-order valence-electron chi connectivity index (χ3n) is 5.17. The second-order valence-electron chi connectivity index (χ2n) is 7.14. The number of rotatable bonds is 6. The predicted octanol–water partition coefficient (Wildman–Crippen LogP) is 3.94. The summed E-state index contributed by atoms with van der Waals surface area (Å²) < 4.78 is 1.96. The first kappa shape index (κ1) is 20.2. The Labute approximate surface area is 179 Å². The van der Waals surface area contributed by atoms with Crippen LogP contribution in [0.1, 0.15) is 43.4 Å². The molecule has 0 aliphatic carbocycles. The van der Waals surface area contributed by atoms with E-state index in [1.54, 1.807) is 0 Å². The average Bonchev–Trinajstić information content (AvgIpc) is 3.34. The van der Waals surface area contributed by atoms with Gasteiger partial charge in [0.1, 0.15) is 23.2 Å². The van der Waals surface area contributed by atoms with E-state index in [4.69, 9.17) is 0 Å². The fourth-order valence-electron chi connectivity index (χ4n) is 3.46. The summed E-state index contributed by atoms with van der Waals surface area (Å²) in [5.41, 5.74) is 2.38. The van der Waals surface area contributed by atoms with Crippen LogP contribution < -0.4 is 0 Å². The monoisotopic (exact) mass is 421 g/mol. The van der Waals surface area contributed by atoms with Gasteiger partial charge in [-0.1, -0.05) is 49.4 Å². The second kappa shape index (κ2) is 9.13. The summed E-state index contributed by atoms with van der Waals surface area (Å²) in [5.74, 6) is 2.13. The maximum absolute atomic E-state index is 10.6. The molecule has 30 heavy (non-hydrogen) atoms. The molecule has 2 N–H and O–H groups in total. The van der Waals surface area contributed by atoms with Gasteiger partial charge in [-0.3, -0.25) is 5.10 Å². The topological polar surface area (TPSA) is 116 Å². The van der Waals surface area contributed by atoms with Gasteiger partial charge in [0.25, 0.3) is 0 Å². The first-order valence-electron chi connectivity index (χ1n) is 10.1. The van der Waals surface area contributed by atoms with Crippen LogP contribution in [0, 0.1) is 11.3 Å². The van der Waals surface area contributed by atoms with Gasteiger partial charge in [0.05, 0.1) is 5.75 Å². The fraction of sp³-hybridized carbons (Fsp3) is 0.381. The van der Waals surface area contributed by atoms with E-state index >= 15 is 0 Å². The highest BCUT2D eigenvalue weighted by atomic mass is 32.2. The Morgan fingerprint density at radius 1 is 1.23 bits per heavy atom. The quantitative estimate of drug-likeness (QED) is 0.352. The Kier molecular flexibility index (Phi) is 6.14. The molecule has 2 aromatic heterocycles. The molecular weight excluding hydrogens is 398 g/mol. The lowest BCUT2D eigenvalue weighted by Gasteiger charge is -2.07. The Balaban J connectivity index is 1.49. The molecule has 0 amide bonds. The number of nitriles is 1. The molecule has 0 bridgehead atoms. The van der Waals surface area contributed by atoms with Gasteiger partial charge < -0.3 is 9.67 Å². The van der Waals surface area contributed by atoms with Crippen LogP contribution in [0.25, 0.3) is 17.0 Å². The number of allylic oxidation sites excluding steroid dienone is 1. The van der Waals surface area contributed by atoms with E-state index in [2.05, 4.69) is 50.5 Å². The summed E-state index contributed by atoms with van der Waals surface area (Å²) in [7, 11) is 0. The van der Waals surface area contributed by atoms with Crippen molar-refractivity contribution in [3.8, 4) is 17.5 Å². The van der Waals surface area contributed by atoms with Crippen molar-refractivity contribution in [2.75, 3.05) is 5.75 Å². The Morgan fingerprint density at radius 3 is 2.83 bits per heavy atom. The molecule has 1 aliphatic heterocycles. The number of aromatic nitrogens is 6. The molecule has 0 saturated carbocycles. The Bertz CT molecular complexity index is 1090. The van der Waals surface area contributed by atoms with Crippen LogP contribution in [0.2, 0.25) is 0 Å². The van der Waals surface area contributed by atoms with Crippen molar-refractivity contribution in [1.82, 2.24) is 29.9 Å². The van der Waals surface area contributed by atoms with Crippen LogP contribution in [0.4, 0.5) is 0 Å². The molecule has 8 nitrogen and oxygen atoms in total. The van der Waals surface area contributed by atoms with Crippen LogP contribution in [0.3, 0.4) is 0 Å². The molecule has 0 radical (unpaired) electrons. The number of nitrogens with zero attached hydrogens (tertiary/aromatic N) is 6. The number of fused-ring (bicyclic) bond motifs is 1. The maximum Gasteiger partial charge on any atom is 0.209 e. The molecule has 0 unspecified atom stereocenters. The largest absolute Gasteiger partial charge is 0.510 e. The highest BCUT2D eigenvalue weighted by molar-refractivity contribution is 7.99. The van der Waals surface area contributed by atoms with Crippen molar-refractivity contribution in [2.45, 2.75) is 50.7 Å². The third kappa shape index (κ3) is 4.24. The van der Waals surface area contributed by atoms with Gasteiger partial charge in [-0.25, -0.2) is 4.98 Å². The number of thioether (sulfide) groups is 1. The Hall–Kier alpha value is -3.12. The fourth-order valence-corrected chi connectivity index (χ4v) is 4.13. The maximum atomic E-state index is 10.6. The molecule has 0 saturated heterocycles. The zero-order valence-corrected chi connectivity index (χ0v) is 17.6. The van der Waals surface area contributed by atoms with Crippen LogP contribution in [0.5, 0.6) is 0 Å². The minimum absolute atomic E-state index is 0.0411. The van der Waals surface area contributed by atoms with E-state index in [1.807, 2.05) is 16.7 Å². The molecule has 4 rings (SSSR count). The van der Waals surface area contributed by atoms with Crippen LogP contribution >= 0.6 is 11.8 Å². The van der Waals surface area contributed by atoms with E-state index in [1.165, 1.54) is 17.3 Å². The summed E-state index contributed by atoms with van der Waals surface area (Å²) in [5, 5.41) is 36.3. The van der Waals surface area contributed by atoms with Gasteiger partial charge in [-0.2, -0.15) is 5.26 Å². The summed E-state index contributed by atoms with van der Waals surface area (Å²) in [6.07, 6.45) is 5.05. The molecule has 0 spiro atoms. The first-order valence-corrected chi connectivity index (χ1v) is 11.1. The van der Waals surface area contributed by atoms with Crippen molar-refractivity contribution in [3.05, 3.63) is 47.2 Å². The molecule has 3 heterocycles. The molecule has 1 aromatic carbocycles. The lowest BCUT2D eigenvalue weighted by Crippen LogP contribution is -2.07. The number of aliphatic hydroxyl groups excluding tert-OH is 1. The number of H-pyrrole nitrogens is 1. The number of aliphatic hydroxyl groups is 1. The first-order chi connectivity index (χ1) is 14.7.